The molecule has 1 fully saturated rings. The standard InChI is InChI=1S/C30H35N5S/c1-19(2)29-24-15-23(21-11-13-35(14-12-21)17-28-31-16-20(3)36-28)8-9-25(24)34-30(29)22-5-4-6-26-27(10-7-22)33-18-32-26/h5,7-10,15-16,18-19,21,26,34H,4,6,11-14,17H2,1-3H3/b10-7-,22-5+. The Bertz CT molecular complexity index is 1380. The van der Waals surface area contributed by atoms with E-state index in [-0.39, 0.29) is 6.04 Å². The van der Waals surface area contributed by atoms with Crippen LogP contribution >= 0.6 is 11.3 Å². The SMILES string of the molecule is Cc1cnc(CN2CCC(c3ccc4[nH]c(C5=C/CCC6N=CN=C6/C=C\5)c(C(C)C)c4c3)CC2)s1. The van der Waals surface area contributed by atoms with Crippen molar-refractivity contribution in [2.45, 2.75) is 70.9 Å². The number of rotatable bonds is 5. The number of aromatic amines is 1. The molecule has 1 saturated heterocycles. The number of nitrogens with one attached hydrogen (secondary N) is 1. The Labute approximate surface area is 217 Å². The van der Waals surface area contributed by atoms with Crippen molar-refractivity contribution in [3.8, 4) is 0 Å². The Kier molecular flexibility index (Phi) is 6.48. The zero-order valence-corrected chi connectivity index (χ0v) is 22.3. The quantitative estimate of drug-likeness (QED) is 0.412. The fraction of sp³-hybridized carbons (Fsp3) is 0.433. The van der Waals surface area contributed by atoms with Crippen LogP contribution in [0.4, 0.5) is 0 Å². The normalized spacial score (nSPS) is 23.4. The average Bonchev–Trinajstić information content (AvgIpc) is 3.57. The molecule has 1 N–H and O–H groups in total. The van der Waals surface area contributed by atoms with E-state index in [4.69, 9.17) is 0 Å². The van der Waals surface area contributed by atoms with Gasteiger partial charge in [0, 0.05) is 27.7 Å². The van der Waals surface area contributed by atoms with Crippen LogP contribution in [0, 0.1) is 6.92 Å². The van der Waals surface area contributed by atoms with Gasteiger partial charge in [-0.15, -0.1) is 11.3 Å². The summed E-state index contributed by atoms with van der Waals surface area (Å²) in [6, 6.07) is 7.37. The third kappa shape index (κ3) is 4.64. The van der Waals surface area contributed by atoms with Crippen LogP contribution in [0.2, 0.25) is 0 Å². The van der Waals surface area contributed by atoms with Crippen molar-refractivity contribution in [3.05, 3.63) is 69.3 Å². The predicted molar refractivity (Wildman–Crippen MR) is 153 cm³/mol. The van der Waals surface area contributed by atoms with E-state index in [2.05, 4.69) is 82.1 Å². The van der Waals surface area contributed by atoms with Gasteiger partial charge in [0.05, 0.1) is 18.3 Å². The number of fused-ring (bicyclic) bond motifs is 2. The number of aliphatic imine (C=N–C) groups is 2. The second kappa shape index (κ2) is 9.91. The number of aromatic nitrogens is 2. The molecule has 36 heavy (non-hydrogen) atoms. The van der Waals surface area contributed by atoms with Crippen molar-refractivity contribution in [1.29, 1.82) is 0 Å². The van der Waals surface area contributed by atoms with Gasteiger partial charge in [-0.25, -0.2) is 9.98 Å². The molecule has 2 aromatic heterocycles. The van der Waals surface area contributed by atoms with Crippen LogP contribution < -0.4 is 0 Å². The van der Waals surface area contributed by atoms with E-state index in [0.717, 1.165) is 38.2 Å². The van der Waals surface area contributed by atoms with Crippen LogP contribution in [-0.2, 0) is 6.54 Å². The van der Waals surface area contributed by atoms with Gasteiger partial charge in [0.1, 0.15) is 11.3 Å². The number of likely N-dealkylation sites (tertiary alicyclic amines) is 1. The van der Waals surface area contributed by atoms with Crippen molar-refractivity contribution < 1.29 is 0 Å². The summed E-state index contributed by atoms with van der Waals surface area (Å²) in [7, 11) is 0. The molecule has 186 valence electrons. The number of thiazole rings is 1. The lowest BCUT2D eigenvalue weighted by Gasteiger charge is -2.31. The van der Waals surface area contributed by atoms with Gasteiger partial charge >= 0.3 is 0 Å². The Morgan fingerprint density at radius 3 is 2.78 bits per heavy atom. The molecule has 0 spiro atoms. The Balaban J connectivity index is 1.24. The smallest absolute Gasteiger partial charge is 0.111 e. The summed E-state index contributed by atoms with van der Waals surface area (Å²) >= 11 is 1.83. The van der Waals surface area contributed by atoms with Crippen LogP contribution in [0.1, 0.15) is 78.1 Å². The number of aryl methyl sites for hydroxylation is 1. The molecule has 0 bridgehead atoms. The van der Waals surface area contributed by atoms with Crippen molar-refractivity contribution in [2.24, 2.45) is 9.98 Å². The van der Waals surface area contributed by atoms with E-state index in [1.807, 2.05) is 17.5 Å². The Morgan fingerprint density at radius 2 is 2.00 bits per heavy atom. The summed E-state index contributed by atoms with van der Waals surface area (Å²) in [5.41, 5.74) is 7.78. The molecule has 0 radical (unpaired) electrons. The van der Waals surface area contributed by atoms with Crippen molar-refractivity contribution >= 4 is 39.9 Å². The highest BCUT2D eigenvalue weighted by atomic mass is 32.1. The van der Waals surface area contributed by atoms with Gasteiger partial charge in [0.25, 0.3) is 0 Å². The summed E-state index contributed by atoms with van der Waals surface area (Å²) in [5, 5.41) is 2.63. The number of hydrogen-bond donors (Lipinski definition) is 1. The Morgan fingerprint density at radius 1 is 1.14 bits per heavy atom. The summed E-state index contributed by atoms with van der Waals surface area (Å²) in [4.78, 5) is 21.2. The highest BCUT2D eigenvalue weighted by Crippen LogP contribution is 2.38. The molecule has 1 atom stereocenters. The summed E-state index contributed by atoms with van der Waals surface area (Å²) < 4.78 is 0. The van der Waals surface area contributed by atoms with Gasteiger partial charge < -0.3 is 4.98 Å². The average molecular weight is 498 g/mol. The molecule has 0 saturated carbocycles. The van der Waals surface area contributed by atoms with Crippen molar-refractivity contribution in [1.82, 2.24) is 14.9 Å². The number of H-pyrrole nitrogens is 1. The number of benzene rings is 1. The molecule has 6 rings (SSSR count). The maximum atomic E-state index is 4.57. The lowest BCUT2D eigenvalue weighted by atomic mass is 9.87. The molecule has 3 aliphatic rings. The number of nitrogens with zero attached hydrogens (tertiary/aromatic N) is 4. The predicted octanol–water partition coefficient (Wildman–Crippen LogP) is 7.02. The van der Waals surface area contributed by atoms with E-state index in [1.54, 1.807) is 6.34 Å². The summed E-state index contributed by atoms with van der Waals surface area (Å²) in [6.45, 7) is 10.0. The first-order valence-electron chi connectivity index (χ1n) is 13.3. The lowest BCUT2D eigenvalue weighted by Crippen LogP contribution is -2.32. The molecule has 3 aromatic rings. The maximum Gasteiger partial charge on any atom is 0.111 e. The van der Waals surface area contributed by atoms with E-state index < -0.39 is 0 Å². The number of piperidine rings is 1. The number of hydrogen-bond acceptors (Lipinski definition) is 5. The first kappa shape index (κ1) is 23.6. The van der Waals surface area contributed by atoms with E-state index in [1.165, 1.54) is 56.0 Å². The summed E-state index contributed by atoms with van der Waals surface area (Å²) in [6.07, 6.45) is 14.9. The number of allylic oxidation sites excluding steroid dienone is 3. The largest absolute Gasteiger partial charge is 0.354 e. The fourth-order valence-electron chi connectivity index (χ4n) is 5.95. The van der Waals surface area contributed by atoms with E-state index >= 15 is 0 Å². The second-order valence-electron chi connectivity index (χ2n) is 10.7. The second-order valence-corrected chi connectivity index (χ2v) is 12.0. The minimum Gasteiger partial charge on any atom is -0.354 e. The third-order valence-corrected chi connectivity index (χ3v) is 8.75. The van der Waals surface area contributed by atoms with Gasteiger partial charge in [-0.05, 0) is 92.4 Å². The van der Waals surface area contributed by atoms with Gasteiger partial charge in [-0.2, -0.15) is 0 Å². The van der Waals surface area contributed by atoms with Gasteiger partial charge in [0.2, 0.25) is 0 Å². The first-order valence-corrected chi connectivity index (χ1v) is 14.1. The molecule has 0 amide bonds. The minimum absolute atomic E-state index is 0.228. The highest BCUT2D eigenvalue weighted by molar-refractivity contribution is 7.11. The maximum absolute atomic E-state index is 4.57. The topological polar surface area (TPSA) is 56.6 Å². The summed E-state index contributed by atoms with van der Waals surface area (Å²) in [5.74, 6) is 1.06. The Hall–Kier alpha value is -2.83. The molecule has 4 heterocycles. The van der Waals surface area contributed by atoms with Crippen LogP contribution in [0.3, 0.4) is 0 Å². The van der Waals surface area contributed by atoms with E-state index in [9.17, 15) is 0 Å². The zero-order valence-electron chi connectivity index (χ0n) is 21.5. The van der Waals surface area contributed by atoms with E-state index in [0.29, 0.717) is 11.8 Å². The third-order valence-electron chi connectivity index (χ3n) is 7.85. The van der Waals surface area contributed by atoms with Crippen LogP contribution in [0.5, 0.6) is 0 Å². The van der Waals surface area contributed by atoms with Crippen molar-refractivity contribution in [2.75, 3.05) is 13.1 Å². The first-order chi connectivity index (χ1) is 17.5. The molecule has 1 aromatic carbocycles. The molecule has 5 nitrogen and oxygen atoms in total. The zero-order chi connectivity index (χ0) is 24.6. The molecule has 2 aliphatic heterocycles. The van der Waals surface area contributed by atoms with Crippen LogP contribution in [0.15, 0.2) is 52.6 Å². The monoisotopic (exact) mass is 497 g/mol. The molecule has 6 heteroatoms. The van der Waals surface area contributed by atoms with Crippen LogP contribution in [-0.4, -0.2) is 46.0 Å². The fourth-order valence-corrected chi connectivity index (χ4v) is 6.78. The van der Waals surface area contributed by atoms with Crippen LogP contribution in [0.25, 0.3) is 16.5 Å². The minimum atomic E-state index is 0.228. The highest BCUT2D eigenvalue weighted by Gasteiger charge is 2.24. The van der Waals surface area contributed by atoms with Crippen molar-refractivity contribution in [3.63, 3.8) is 0 Å². The van der Waals surface area contributed by atoms with Gasteiger partial charge in [-0.1, -0.05) is 32.1 Å². The molecule has 1 aliphatic carbocycles. The van der Waals surface area contributed by atoms with Gasteiger partial charge in [0.15, 0.2) is 0 Å². The molecule has 1 unspecified atom stereocenters. The van der Waals surface area contributed by atoms with Gasteiger partial charge in [-0.3, -0.25) is 9.89 Å². The molecular weight excluding hydrogens is 462 g/mol. The molecular formula is C30H35N5S. The lowest BCUT2D eigenvalue weighted by molar-refractivity contribution is 0.204.